The Hall–Kier alpha value is -4.08. The van der Waals surface area contributed by atoms with Gasteiger partial charge in [0.15, 0.2) is 0 Å². The van der Waals surface area contributed by atoms with Crippen LogP contribution in [0.2, 0.25) is 0 Å². The summed E-state index contributed by atoms with van der Waals surface area (Å²) in [6, 6.07) is 10.2. The maximum atomic E-state index is 12.9. The SMILES string of the molecule is COC(=O)c1c(C)[nH]c(C(=O)Nc2cccc(C(=O)Nc3cccc(C(F)(F)F)c3)c2)c1C. The number of hydrogen-bond donors (Lipinski definition) is 3. The molecule has 1 heterocycles. The van der Waals surface area contributed by atoms with Gasteiger partial charge in [0.05, 0.1) is 18.2 Å². The molecular formula is C23H20F3N3O4. The number of alkyl halides is 3. The van der Waals surface area contributed by atoms with E-state index in [0.717, 1.165) is 12.1 Å². The Morgan fingerprint density at radius 2 is 1.52 bits per heavy atom. The number of ether oxygens (including phenoxy) is 1. The maximum absolute atomic E-state index is 12.9. The Kier molecular flexibility index (Phi) is 6.57. The number of benzene rings is 2. The first-order chi connectivity index (χ1) is 15.5. The molecule has 7 nitrogen and oxygen atoms in total. The van der Waals surface area contributed by atoms with Gasteiger partial charge in [-0.2, -0.15) is 13.2 Å². The lowest BCUT2D eigenvalue weighted by Gasteiger charge is -2.11. The summed E-state index contributed by atoms with van der Waals surface area (Å²) in [7, 11) is 1.24. The number of halogens is 3. The summed E-state index contributed by atoms with van der Waals surface area (Å²) in [4.78, 5) is 40.0. The van der Waals surface area contributed by atoms with Gasteiger partial charge in [-0.1, -0.05) is 12.1 Å². The number of aromatic amines is 1. The van der Waals surface area contributed by atoms with Crippen LogP contribution in [0.3, 0.4) is 0 Å². The van der Waals surface area contributed by atoms with Crippen molar-refractivity contribution in [2.45, 2.75) is 20.0 Å². The van der Waals surface area contributed by atoms with Crippen molar-refractivity contribution in [1.29, 1.82) is 0 Å². The molecule has 2 amide bonds. The number of hydrogen-bond acceptors (Lipinski definition) is 4. The highest BCUT2D eigenvalue weighted by atomic mass is 19.4. The Morgan fingerprint density at radius 1 is 0.909 bits per heavy atom. The number of H-pyrrole nitrogens is 1. The molecule has 172 valence electrons. The Bertz CT molecular complexity index is 1230. The van der Waals surface area contributed by atoms with Gasteiger partial charge in [0.2, 0.25) is 0 Å². The molecule has 0 bridgehead atoms. The molecule has 0 aliphatic heterocycles. The fourth-order valence-corrected chi connectivity index (χ4v) is 3.29. The molecule has 0 saturated carbocycles. The minimum atomic E-state index is -4.53. The molecule has 0 aliphatic carbocycles. The first-order valence-corrected chi connectivity index (χ1v) is 9.68. The summed E-state index contributed by atoms with van der Waals surface area (Å²) in [5.41, 5.74) is 0.807. The average molecular weight is 459 g/mol. The van der Waals surface area contributed by atoms with Crippen molar-refractivity contribution in [3.05, 3.63) is 82.2 Å². The number of anilines is 2. The standard InChI is InChI=1S/C23H20F3N3O4/c1-12-18(22(32)33-3)13(2)27-19(12)21(31)29-16-8-4-6-14(10-16)20(30)28-17-9-5-7-15(11-17)23(24,25)26/h4-11,27H,1-3H3,(H,28,30)(H,29,31). The van der Waals surface area contributed by atoms with Crippen molar-refractivity contribution in [2.75, 3.05) is 17.7 Å². The van der Waals surface area contributed by atoms with E-state index in [2.05, 4.69) is 15.6 Å². The van der Waals surface area contributed by atoms with Gasteiger partial charge in [-0.25, -0.2) is 4.79 Å². The van der Waals surface area contributed by atoms with Crippen LogP contribution >= 0.6 is 0 Å². The van der Waals surface area contributed by atoms with Gasteiger partial charge in [0.25, 0.3) is 11.8 Å². The minimum absolute atomic E-state index is 0.0166. The van der Waals surface area contributed by atoms with Crippen molar-refractivity contribution in [2.24, 2.45) is 0 Å². The van der Waals surface area contributed by atoms with E-state index in [0.29, 0.717) is 11.3 Å². The van der Waals surface area contributed by atoms with E-state index >= 15 is 0 Å². The number of nitrogens with one attached hydrogen (secondary N) is 3. The summed E-state index contributed by atoms with van der Waals surface area (Å²) in [5, 5.41) is 5.05. The molecule has 0 atom stereocenters. The molecular weight excluding hydrogens is 439 g/mol. The number of amides is 2. The number of aromatic nitrogens is 1. The van der Waals surface area contributed by atoms with E-state index in [9.17, 15) is 27.6 Å². The van der Waals surface area contributed by atoms with Gasteiger partial charge in [-0.05, 0) is 55.8 Å². The fourth-order valence-electron chi connectivity index (χ4n) is 3.29. The van der Waals surface area contributed by atoms with Crippen LogP contribution in [0, 0.1) is 13.8 Å². The van der Waals surface area contributed by atoms with E-state index < -0.39 is 29.5 Å². The van der Waals surface area contributed by atoms with E-state index in [4.69, 9.17) is 4.74 Å². The zero-order valence-corrected chi connectivity index (χ0v) is 17.9. The summed E-state index contributed by atoms with van der Waals surface area (Å²) < 4.78 is 43.4. The second kappa shape index (κ2) is 9.19. The van der Waals surface area contributed by atoms with Crippen molar-refractivity contribution in [3.8, 4) is 0 Å². The first-order valence-electron chi connectivity index (χ1n) is 9.68. The van der Waals surface area contributed by atoms with Crippen LogP contribution < -0.4 is 10.6 Å². The van der Waals surface area contributed by atoms with Crippen molar-refractivity contribution < 1.29 is 32.3 Å². The minimum Gasteiger partial charge on any atom is -0.465 e. The quantitative estimate of drug-likeness (QED) is 0.471. The summed E-state index contributed by atoms with van der Waals surface area (Å²) in [5.74, 6) is -1.76. The van der Waals surface area contributed by atoms with E-state index in [1.54, 1.807) is 19.9 Å². The van der Waals surface area contributed by atoms with Crippen LogP contribution in [-0.2, 0) is 10.9 Å². The van der Waals surface area contributed by atoms with E-state index in [-0.39, 0.29) is 28.2 Å². The van der Waals surface area contributed by atoms with Crippen LogP contribution in [-0.4, -0.2) is 29.9 Å². The third kappa shape index (κ3) is 5.22. The van der Waals surface area contributed by atoms with Gasteiger partial charge >= 0.3 is 12.1 Å². The zero-order chi connectivity index (χ0) is 24.3. The Labute approximate surface area is 187 Å². The smallest absolute Gasteiger partial charge is 0.416 e. The van der Waals surface area contributed by atoms with Crippen molar-refractivity contribution in [1.82, 2.24) is 4.98 Å². The van der Waals surface area contributed by atoms with Crippen LogP contribution in [0.25, 0.3) is 0 Å². The molecule has 33 heavy (non-hydrogen) atoms. The van der Waals surface area contributed by atoms with Gasteiger partial charge in [0, 0.05) is 22.6 Å². The molecule has 10 heteroatoms. The normalized spacial score (nSPS) is 11.1. The summed E-state index contributed by atoms with van der Waals surface area (Å²) in [6.45, 7) is 3.23. The van der Waals surface area contributed by atoms with Crippen LogP contribution in [0.5, 0.6) is 0 Å². The topological polar surface area (TPSA) is 100 Å². The second-order valence-electron chi connectivity index (χ2n) is 7.18. The molecule has 3 rings (SSSR count). The lowest BCUT2D eigenvalue weighted by Crippen LogP contribution is -2.16. The molecule has 0 spiro atoms. The molecule has 0 radical (unpaired) electrons. The van der Waals surface area contributed by atoms with Crippen LogP contribution in [0.15, 0.2) is 48.5 Å². The lowest BCUT2D eigenvalue weighted by molar-refractivity contribution is -0.137. The molecule has 3 N–H and O–H groups in total. The van der Waals surface area contributed by atoms with Gasteiger partial charge < -0.3 is 20.4 Å². The number of esters is 1. The molecule has 0 fully saturated rings. The number of carbonyl (C=O) groups excluding carboxylic acids is 3. The third-order valence-electron chi connectivity index (χ3n) is 4.88. The van der Waals surface area contributed by atoms with Crippen molar-refractivity contribution in [3.63, 3.8) is 0 Å². The highest BCUT2D eigenvalue weighted by Crippen LogP contribution is 2.30. The Balaban J connectivity index is 1.77. The molecule has 1 aromatic heterocycles. The van der Waals surface area contributed by atoms with E-state index in [1.807, 2.05) is 0 Å². The molecule has 0 unspecified atom stereocenters. The number of methoxy groups -OCH3 is 1. The zero-order valence-electron chi connectivity index (χ0n) is 17.9. The monoisotopic (exact) mass is 459 g/mol. The van der Waals surface area contributed by atoms with Crippen LogP contribution in [0.1, 0.15) is 48.0 Å². The van der Waals surface area contributed by atoms with Gasteiger partial charge in [-0.3, -0.25) is 9.59 Å². The maximum Gasteiger partial charge on any atom is 0.416 e. The number of rotatable bonds is 5. The van der Waals surface area contributed by atoms with Gasteiger partial charge in [-0.15, -0.1) is 0 Å². The molecule has 0 saturated heterocycles. The fraction of sp³-hybridized carbons (Fsp3) is 0.174. The predicted octanol–water partition coefficient (Wildman–Crippen LogP) is 4.94. The van der Waals surface area contributed by atoms with Gasteiger partial charge in [0.1, 0.15) is 5.69 Å². The van der Waals surface area contributed by atoms with Crippen LogP contribution in [0.4, 0.5) is 24.5 Å². The van der Waals surface area contributed by atoms with E-state index in [1.165, 1.54) is 37.4 Å². The number of carbonyl (C=O) groups is 3. The second-order valence-corrected chi connectivity index (χ2v) is 7.18. The number of aryl methyl sites for hydroxylation is 1. The molecule has 2 aromatic carbocycles. The first kappa shape index (κ1) is 23.6. The summed E-state index contributed by atoms with van der Waals surface area (Å²) in [6.07, 6.45) is -4.53. The summed E-state index contributed by atoms with van der Waals surface area (Å²) >= 11 is 0. The largest absolute Gasteiger partial charge is 0.465 e. The molecule has 3 aromatic rings. The lowest BCUT2D eigenvalue weighted by atomic mass is 10.1. The van der Waals surface area contributed by atoms with Crippen molar-refractivity contribution >= 4 is 29.2 Å². The highest BCUT2D eigenvalue weighted by Gasteiger charge is 2.30. The highest BCUT2D eigenvalue weighted by molar-refractivity contribution is 6.08. The average Bonchev–Trinajstić information content (AvgIpc) is 3.07. The predicted molar refractivity (Wildman–Crippen MR) is 115 cm³/mol. The Morgan fingerprint density at radius 3 is 2.15 bits per heavy atom. The third-order valence-corrected chi connectivity index (χ3v) is 4.88. The molecule has 0 aliphatic rings.